The molecule has 128 valence electrons. The number of carbonyl (C=O) groups excluding carboxylic acids is 2. The van der Waals surface area contributed by atoms with E-state index >= 15 is 0 Å². The predicted octanol–water partition coefficient (Wildman–Crippen LogP) is 2.25. The highest BCUT2D eigenvalue weighted by atomic mass is 16.5. The molecule has 0 spiro atoms. The van der Waals surface area contributed by atoms with Gasteiger partial charge in [-0.15, -0.1) is 0 Å². The number of hydrogen-bond acceptors (Lipinski definition) is 4. The number of nitrogens with zero attached hydrogens (tertiary/aromatic N) is 1. The zero-order chi connectivity index (χ0) is 18.1. The number of rotatable bonds is 7. The first-order chi connectivity index (χ1) is 12.1. The molecular weight excluding hydrogens is 318 g/mol. The normalized spacial score (nSPS) is 9.76. The third kappa shape index (κ3) is 5.66. The van der Waals surface area contributed by atoms with Crippen LogP contribution in [0.3, 0.4) is 0 Å². The SMILES string of the molecule is COc1cccc(CCNC(=O)CC(=O)Nc2ccccc2C#N)c1. The van der Waals surface area contributed by atoms with Gasteiger partial charge < -0.3 is 15.4 Å². The van der Waals surface area contributed by atoms with Crippen LogP contribution in [0.1, 0.15) is 17.5 Å². The molecule has 2 aromatic rings. The molecule has 2 rings (SSSR count). The summed E-state index contributed by atoms with van der Waals surface area (Å²) in [5, 5.41) is 14.3. The van der Waals surface area contributed by atoms with Crippen molar-refractivity contribution in [2.75, 3.05) is 19.0 Å². The van der Waals surface area contributed by atoms with Crippen molar-refractivity contribution in [1.82, 2.24) is 5.32 Å². The lowest BCUT2D eigenvalue weighted by Gasteiger charge is -2.08. The van der Waals surface area contributed by atoms with Crippen LogP contribution in [0.2, 0.25) is 0 Å². The zero-order valence-corrected chi connectivity index (χ0v) is 13.9. The van der Waals surface area contributed by atoms with E-state index in [1.165, 1.54) is 0 Å². The van der Waals surface area contributed by atoms with E-state index in [0.29, 0.717) is 24.2 Å². The van der Waals surface area contributed by atoms with Crippen LogP contribution in [0, 0.1) is 11.3 Å². The smallest absolute Gasteiger partial charge is 0.233 e. The van der Waals surface area contributed by atoms with Crippen LogP contribution >= 0.6 is 0 Å². The van der Waals surface area contributed by atoms with Gasteiger partial charge in [0.25, 0.3) is 0 Å². The number of carbonyl (C=O) groups is 2. The quantitative estimate of drug-likeness (QED) is 0.758. The highest BCUT2D eigenvalue weighted by Gasteiger charge is 2.11. The van der Waals surface area contributed by atoms with Gasteiger partial charge >= 0.3 is 0 Å². The van der Waals surface area contributed by atoms with Gasteiger partial charge in [0.1, 0.15) is 18.2 Å². The van der Waals surface area contributed by atoms with Gasteiger partial charge in [0.15, 0.2) is 0 Å². The monoisotopic (exact) mass is 337 g/mol. The summed E-state index contributed by atoms with van der Waals surface area (Å²) in [6, 6.07) is 16.2. The first-order valence-corrected chi connectivity index (χ1v) is 7.81. The molecule has 6 heteroatoms. The van der Waals surface area contributed by atoms with E-state index in [1.807, 2.05) is 30.3 Å². The summed E-state index contributed by atoms with van der Waals surface area (Å²) >= 11 is 0. The Morgan fingerprint density at radius 1 is 1.12 bits per heavy atom. The third-order valence-corrected chi connectivity index (χ3v) is 3.51. The van der Waals surface area contributed by atoms with E-state index in [4.69, 9.17) is 10.00 Å². The number of methoxy groups -OCH3 is 1. The number of nitrogens with one attached hydrogen (secondary N) is 2. The summed E-state index contributed by atoms with van der Waals surface area (Å²) in [5.74, 6) is -0.0595. The maximum Gasteiger partial charge on any atom is 0.233 e. The van der Waals surface area contributed by atoms with E-state index in [1.54, 1.807) is 31.4 Å². The summed E-state index contributed by atoms with van der Waals surface area (Å²) in [7, 11) is 1.60. The predicted molar refractivity (Wildman–Crippen MR) is 94.1 cm³/mol. The molecule has 2 aromatic carbocycles. The lowest BCUT2D eigenvalue weighted by Crippen LogP contribution is -2.29. The molecule has 2 amide bonds. The number of anilines is 1. The van der Waals surface area contributed by atoms with E-state index in [2.05, 4.69) is 10.6 Å². The molecule has 0 atom stereocenters. The first kappa shape index (κ1) is 18.0. The molecule has 2 N–H and O–H groups in total. The van der Waals surface area contributed by atoms with Crippen molar-refractivity contribution in [3.05, 3.63) is 59.7 Å². The fraction of sp³-hybridized carbons (Fsp3) is 0.211. The van der Waals surface area contributed by atoms with E-state index in [-0.39, 0.29) is 12.3 Å². The summed E-state index contributed by atoms with van der Waals surface area (Å²) in [6.07, 6.45) is 0.347. The minimum absolute atomic E-state index is 0.294. The second-order valence-corrected chi connectivity index (χ2v) is 5.33. The Hall–Kier alpha value is -3.33. The highest BCUT2D eigenvalue weighted by molar-refractivity contribution is 6.04. The van der Waals surface area contributed by atoms with Crippen molar-refractivity contribution in [2.24, 2.45) is 0 Å². The minimum atomic E-state index is -0.457. The van der Waals surface area contributed by atoms with Crippen molar-refractivity contribution in [1.29, 1.82) is 5.26 Å². The van der Waals surface area contributed by atoms with Crippen molar-refractivity contribution in [3.63, 3.8) is 0 Å². The largest absolute Gasteiger partial charge is 0.497 e. The second kappa shape index (κ2) is 9.08. The Bertz CT molecular complexity index is 796. The van der Waals surface area contributed by atoms with E-state index < -0.39 is 5.91 Å². The summed E-state index contributed by atoms with van der Waals surface area (Å²) < 4.78 is 5.15. The summed E-state index contributed by atoms with van der Waals surface area (Å²) in [5.41, 5.74) is 1.79. The summed E-state index contributed by atoms with van der Waals surface area (Å²) in [6.45, 7) is 0.425. The summed E-state index contributed by atoms with van der Waals surface area (Å²) in [4.78, 5) is 23.8. The van der Waals surface area contributed by atoms with Crippen LogP contribution < -0.4 is 15.4 Å². The van der Waals surface area contributed by atoms with Crippen molar-refractivity contribution in [2.45, 2.75) is 12.8 Å². The topological polar surface area (TPSA) is 91.2 Å². The molecule has 0 aromatic heterocycles. The third-order valence-electron chi connectivity index (χ3n) is 3.51. The molecular formula is C19H19N3O3. The Labute approximate surface area is 146 Å². The number of para-hydroxylation sites is 1. The van der Waals surface area contributed by atoms with Crippen LogP contribution in [0.5, 0.6) is 5.75 Å². The lowest BCUT2D eigenvalue weighted by molar-refractivity contribution is -0.126. The van der Waals surface area contributed by atoms with Crippen molar-refractivity contribution in [3.8, 4) is 11.8 Å². The number of ether oxygens (including phenoxy) is 1. The maximum atomic E-state index is 11.9. The minimum Gasteiger partial charge on any atom is -0.497 e. The van der Waals surface area contributed by atoms with Crippen molar-refractivity contribution < 1.29 is 14.3 Å². The first-order valence-electron chi connectivity index (χ1n) is 7.81. The maximum absolute atomic E-state index is 11.9. The van der Waals surface area contributed by atoms with Crippen LogP contribution in [0.25, 0.3) is 0 Å². The number of hydrogen-bond donors (Lipinski definition) is 2. The van der Waals surface area contributed by atoms with Gasteiger partial charge in [0.2, 0.25) is 11.8 Å². The molecule has 0 fully saturated rings. The number of benzene rings is 2. The van der Waals surface area contributed by atoms with Gasteiger partial charge in [-0.2, -0.15) is 5.26 Å². The van der Waals surface area contributed by atoms with Crippen LogP contribution in [0.4, 0.5) is 5.69 Å². The molecule has 6 nitrogen and oxygen atoms in total. The van der Waals surface area contributed by atoms with E-state index in [0.717, 1.165) is 11.3 Å². The molecule has 0 radical (unpaired) electrons. The average molecular weight is 337 g/mol. The second-order valence-electron chi connectivity index (χ2n) is 5.33. The number of nitriles is 1. The molecule has 0 saturated carbocycles. The molecule has 0 aliphatic heterocycles. The molecule has 0 heterocycles. The zero-order valence-electron chi connectivity index (χ0n) is 13.9. The fourth-order valence-electron chi connectivity index (χ4n) is 2.27. The Balaban J connectivity index is 1.78. The Morgan fingerprint density at radius 3 is 2.68 bits per heavy atom. The van der Waals surface area contributed by atoms with Gasteiger partial charge in [-0.25, -0.2) is 0 Å². The van der Waals surface area contributed by atoms with Crippen LogP contribution in [-0.4, -0.2) is 25.5 Å². The van der Waals surface area contributed by atoms with Gasteiger partial charge in [-0.3, -0.25) is 9.59 Å². The molecule has 0 aliphatic rings. The number of amides is 2. The van der Waals surface area contributed by atoms with E-state index in [9.17, 15) is 9.59 Å². The molecule has 0 saturated heterocycles. The van der Waals surface area contributed by atoms with Gasteiger partial charge in [0.05, 0.1) is 18.4 Å². The molecule has 0 unspecified atom stereocenters. The molecule has 25 heavy (non-hydrogen) atoms. The van der Waals surface area contributed by atoms with Gasteiger partial charge in [-0.1, -0.05) is 24.3 Å². The Morgan fingerprint density at radius 2 is 1.92 bits per heavy atom. The highest BCUT2D eigenvalue weighted by Crippen LogP contribution is 2.14. The standard InChI is InChI=1S/C19H19N3O3/c1-25-16-7-4-5-14(11-16)9-10-21-18(23)12-19(24)22-17-8-3-2-6-15(17)13-20/h2-8,11H,9-10,12H2,1H3,(H,21,23)(H,22,24). The lowest BCUT2D eigenvalue weighted by atomic mass is 10.1. The molecule has 0 bridgehead atoms. The van der Waals surface area contributed by atoms with Gasteiger partial charge in [0, 0.05) is 6.54 Å². The fourth-order valence-corrected chi connectivity index (χ4v) is 2.27. The molecule has 0 aliphatic carbocycles. The van der Waals surface area contributed by atoms with Gasteiger partial charge in [-0.05, 0) is 36.2 Å². The average Bonchev–Trinajstić information content (AvgIpc) is 2.62. The van der Waals surface area contributed by atoms with Crippen LogP contribution in [0.15, 0.2) is 48.5 Å². The Kier molecular flexibility index (Phi) is 6.55. The van der Waals surface area contributed by atoms with Crippen molar-refractivity contribution >= 4 is 17.5 Å². The van der Waals surface area contributed by atoms with Crippen LogP contribution in [-0.2, 0) is 16.0 Å².